The first-order chi connectivity index (χ1) is 5.70. The van der Waals surface area contributed by atoms with E-state index in [1.807, 2.05) is 0 Å². The lowest BCUT2D eigenvalue weighted by molar-refractivity contribution is -0.188. The van der Waals surface area contributed by atoms with Crippen LogP contribution in [-0.4, -0.2) is 24.7 Å². The predicted octanol–water partition coefficient (Wildman–Crippen LogP) is 0.652. The average molecular weight is 189 g/mol. The molecular weight excluding hydrogens is 177 g/mol. The number of rotatable bonds is 7. The van der Waals surface area contributed by atoms with Crippen molar-refractivity contribution < 1.29 is 14.0 Å². The van der Waals surface area contributed by atoms with Gasteiger partial charge in [0.1, 0.15) is 0 Å². The number of hydrogen-bond donors (Lipinski definition) is 0. The molecule has 0 rings (SSSR count). The van der Waals surface area contributed by atoms with Crippen LogP contribution < -0.4 is 4.89 Å². The van der Waals surface area contributed by atoms with E-state index in [0.717, 1.165) is 0 Å². The summed E-state index contributed by atoms with van der Waals surface area (Å²) in [5.41, 5.74) is 0. The monoisotopic (exact) mass is 189 g/mol. The Labute approximate surface area is 73.1 Å². The fourth-order valence-corrected chi connectivity index (χ4v) is 0.931. The number of hydrogen-bond acceptors (Lipinski definition) is 4. The van der Waals surface area contributed by atoms with Crippen LogP contribution in [0.15, 0.2) is 25.3 Å². The zero-order chi connectivity index (χ0) is 9.40. The first-order valence-corrected chi connectivity index (χ1v) is 4.51. The highest BCUT2D eigenvalue weighted by Gasteiger charge is 2.06. The molecular formula is C7H12NO3P. The maximum Gasteiger partial charge on any atom is 0.489 e. The van der Waals surface area contributed by atoms with Crippen molar-refractivity contribution in [3.8, 4) is 0 Å². The predicted molar refractivity (Wildman–Crippen MR) is 45.5 cm³/mol. The third kappa shape index (κ3) is 6.19. The highest BCUT2D eigenvalue weighted by molar-refractivity contribution is 7.30. The highest BCUT2D eigenvalue weighted by atomic mass is 31.1. The van der Waals surface area contributed by atoms with E-state index in [4.69, 9.17) is 0 Å². The van der Waals surface area contributed by atoms with Crippen LogP contribution in [0, 0.1) is 0 Å². The Morgan fingerprint density at radius 3 is 2.25 bits per heavy atom. The third-order valence-electron chi connectivity index (χ3n) is 1.12. The molecule has 0 saturated carbocycles. The second kappa shape index (κ2) is 7.13. The normalized spacial score (nSPS) is 11.3. The van der Waals surface area contributed by atoms with Crippen LogP contribution in [0.4, 0.5) is 0 Å². The van der Waals surface area contributed by atoms with Gasteiger partial charge in [-0.2, -0.15) is 0 Å². The van der Waals surface area contributed by atoms with E-state index < -0.39 is 8.25 Å². The molecule has 0 N–H and O–H groups in total. The molecule has 0 aromatic carbocycles. The Kier molecular flexibility index (Phi) is 6.81. The van der Waals surface area contributed by atoms with E-state index in [0.29, 0.717) is 13.1 Å². The summed E-state index contributed by atoms with van der Waals surface area (Å²) < 4.78 is 14.4. The van der Waals surface area contributed by atoms with Gasteiger partial charge >= 0.3 is 8.25 Å². The Hall–Kier alpha value is -0.540. The minimum atomic E-state index is -2.76. The maximum atomic E-state index is 10.0. The molecule has 0 saturated heterocycles. The molecule has 0 aromatic heterocycles. The van der Waals surface area contributed by atoms with E-state index in [2.05, 4.69) is 17.7 Å². The summed E-state index contributed by atoms with van der Waals surface area (Å²) >= 11 is 0. The highest BCUT2D eigenvalue weighted by Crippen LogP contribution is 2.08. The molecule has 4 nitrogen and oxygen atoms in total. The van der Waals surface area contributed by atoms with Crippen molar-refractivity contribution in [3.05, 3.63) is 25.3 Å². The van der Waals surface area contributed by atoms with Gasteiger partial charge in [-0.05, 0) is 4.57 Å². The number of nitrogens with zero attached hydrogens (tertiary/aromatic N) is 1. The van der Waals surface area contributed by atoms with Crippen LogP contribution in [0.25, 0.3) is 0 Å². The second-order valence-corrected chi connectivity index (χ2v) is 2.80. The summed E-state index contributed by atoms with van der Waals surface area (Å²) in [5, 5.41) is 0. The fraction of sp³-hybridized carbons (Fsp3) is 0.429. The van der Waals surface area contributed by atoms with E-state index in [1.54, 1.807) is 17.1 Å². The quantitative estimate of drug-likeness (QED) is 0.335. The molecule has 5 heteroatoms. The van der Waals surface area contributed by atoms with Gasteiger partial charge < -0.3 is 4.89 Å². The van der Waals surface area contributed by atoms with Gasteiger partial charge in [-0.15, -0.1) is 17.7 Å². The van der Waals surface area contributed by atoms with Crippen molar-refractivity contribution in [1.82, 2.24) is 4.90 Å². The minimum Gasteiger partial charge on any atom is -0.566 e. The Morgan fingerprint density at radius 1 is 1.42 bits per heavy atom. The topological polar surface area (TPSA) is 52.6 Å². The van der Waals surface area contributed by atoms with Crippen molar-refractivity contribution in [2.75, 3.05) is 19.8 Å². The summed E-state index contributed by atoms with van der Waals surface area (Å²) in [7, 11) is -2.76. The molecule has 0 aliphatic carbocycles. The van der Waals surface area contributed by atoms with Gasteiger partial charge in [0.15, 0.2) is 6.73 Å². The molecule has 0 aliphatic heterocycles. The van der Waals surface area contributed by atoms with Gasteiger partial charge in [-0.3, -0.25) is 4.90 Å². The molecule has 1 atom stereocenters. The molecule has 1 unspecified atom stereocenters. The van der Waals surface area contributed by atoms with Gasteiger partial charge in [0.2, 0.25) is 0 Å². The first kappa shape index (κ1) is 11.5. The SMILES string of the molecule is C=CCN(CC=C)CO[P+](=O)[O-]. The molecule has 0 spiro atoms. The molecule has 0 aliphatic rings. The summed E-state index contributed by atoms with van der Waals surface area (Å²) in [5.74, 6) is 0. The summed E-state index contributed by atoms with van der Waals surface area (Å²) in [6.45, 7) is 8.26. The lowest BCUT2D eigenvalue weighted by atomic mass is 10.5. The fourth-order valence-electron chi connectivity index (χ4n) is 0.674. The molecule has 0 bridgehead atoms. The van der Waals surface area contributed by atoms with Crippen molar-refractivity contribution in [1.29, 1.82) is 0 Å². The Bertz CT molecular complexity index is 162. The molecule has 0 fully saturated rings. The zero-order valence-electron chi connectivity index (χ0n) is 6.81. The van der Waals surface area contributed by atoms with Gasteiger partial charge in [-0.25, -0.2) is 0 Å². The van der Waals surface area contributed by atoms with Gasteiger partial charge in [0, 0.05) is 13.1 Å². The van der Waals surface area contributed by atoms with E-state index in [-0.39, 0.29) is 6.73 Å². The van der Waals surface area contributed by atoms with Crippen LogP contribution >= 0.6 is 8.25 Å². The average Bonchev–Trinajstić information content (AvgIpc) is 2.01. The van der Waals surface area contributed by atoms with Crippen LogP contribution in [0.1, 0.15) is 0 Å². The molecule has 0 amide bonds. The molecule has 0 radical (unpaired) electrons. The van der Waals surface area contributed by atoms with Crippen molar-refractivity contribution in [2.45, 2.75) is 0 Å². The van der Waals surface area contributed by atoms with Gasteiger partial charge in [-0.1, -0.05) is 12.2 Å². The Balaban J connectivity index is 3.68. The van der Waals surface area contributed by atoms with Crippen molar-refractivity contribution in [3.63, 3.8) is 0 Å². The molecule has 68 valence electrons. The largest absolute Gasteiger partial charge is 0.566 e. The summed E-state index contributed by atoms with van der Waals surface area (Å²) in [6.07, 6.45) is 3.34. The second-order valence-electron chi connectivity index (χ2n) is 2.10. The van der Waals surface area contributed by atoms with Gasteiger partial charge in [0.25, 0.3) is 0 Å². The van der Waals surface area contributed by atoms with E-state index in [1.165, 1.54) is 0 Å². The van der Waals surface area contributed by atoms with Crippen LogP contribution in [0.2, 0.25) is 0 Å². The minimum absolute atomic E-state index is 0.0523. The first-order valence-electron chi connectivity index (χ1n) is 3.42. The molecule has 12 heavy (non-hydrogen) atoms. The molecule has 0 aromatic rings. The lowest BCUT2D eigenvalue weighted by Gasteiger charge is -2.14. The lowest BCUT2D eigenvalue weighted by Crippen LogP contribution is -2.26. The zero-order valence-corrected chi connectivity index (χ0v) is 7.70. The smallest absolute Gasteiger partial charge is 0.489 e. The maximum absolute atomic E-state index is 10.0. The molecule has 0 heterocycles. The van der Waals surface area contributed by atoms with Gasteiger partial charge in [0.05, 0.1) is 0 Å². The van der Waals surface area contributed by atoms with Crippen LogP contribution in [0.5, 0.6) is 0 Å². The van der Waals surface area contributed by atoms with Crippen molar-refractivity contribution in [2.24, 2.45) is 0 Å². The van der Waals surface area contributed by atoms with Crippen LogP contribution in [-0.2, 0) is 9.09 Å². The van der Waals surface area contributed by atoms with E-state index in [9.17, 15) is 9.46 Å². The van der Waals surface area contributed by atoms with E-state index >= 15 is 0 Å². The summed E-state index contributed by atoms with van der Waals surface area (Å²) in [4.78, 5) is 11.8. The third-order valence-corrected chi connectivity index (χ3v) is 1.45. The Morgan fingerprint density at radius 2 is 1.92 bits per heavy atom. The standard InChI is InChI=1S/C7H12NO3P/c1-3-5-8(6-4-2)7-11-12(9)10/h3-4H,1-2,5-7H2. The van der Waals surface area contributed by atoms with Crippen molar-refractivity contribution >= 4 is 8.25 Å². The van der Waals surface area contributed by atoms with Crippen LogP contribution in [0.3, 0.4) is 0 Å². The summed E-state index contributed by atoms with van der Waals surface area (Å²) in [6, 6.07) is 0.